The van der Waals surface area contributed by atoms with Crippen LogP contribution in [0.2, 0.25) is 0 Å². The second kappa shape index (κ2) is 6.35. The molecule has 5 nitrogen and oxygen atoms in total. The molecule has 0 fully saturated rings. The van der Waals surface area contributed by atoms with Gasteiger partial charge in [0.15, 0.2) is 11.5 Å². The van der Waals surface area contributed by atoms with Gasteiger partial charge in [-0.2, -0.15) is 0 Å². The maximum atomic E-state index is 12.8. The van der Waals surface area contributed by atoms with E-state index in [1.54, 1.807) is 23.4 Å². The standard InChI is InChI=1S/C19H20N2O3/c1-3-12(2)14-6-15(10-20-9-14)19(24)21-5-4-13-7-17(22)18(23)8-16(13)11-21/h3,6-10,22-23H,4-5,11H2,1-2H3/b12-3+. The zero-order chi connectivity index (χ0) is 17.3. The highest BCUT2D eigenvalue weighted by Crippen LogP contribution is 2.31. The van der Waals surface area contributed by atoms with Crippen LogP contribution in [0.5, 0.6) is 11.5 Å². The van der Waals surface area contributed by atoms with Crippen molar-refractivity contribution in [3.05, 3.63) is 58.9 Å². The summed E-state index contributed by atoms with van der Waals surface area (Å²) in [4.78, 5) is 18.7. The zero-order valence-electron chi connectivity index (χ0n) is 13.8. The molecule has 124 valence electrons. The maximum Gasteiger partial charge on any atom is 0.255 e. The van der Waals surface area contributed by atoms with Crippen molar-refractivity contribution >= 4 is 11.5 Å². The van der Waals surface area contributed by atoms with Gasteiger partial charge in [-0.25, -0.2) is 0 Å². The van der Waals surface area contributed by atoms with Crippen molar-refractivity contribution in [3.63, 3.8) is 0 Å². The van der Waals surface area contributed by atoms with Crippen LogP contribution < -0.4 is 0 Å². The Bertz CT molecular complexity index is 827. The van der Waals surface area contributed by atoms with Gasteiger partial charge in [0.05, 0.1) is 5.56 Å². The molecule has 0 unspecified atom stereocenters. The lowest BCUT2D eigenvalue weighted by molar-refractivity contribution is 0.0734. The van der Waals surface area contributed by atoms with Gasteiger partial charge in [-0.3, -0.25) is 9.78 Å². The molecule has 2 aromatic rings. The lowest BCUT2D eigenvalue weighted by atomic mass is 9.98. The van der Waals surface area contributed by atoms with Gasteiger partial charge in [-0.05, 0) is 60.7 Å². The van der Waals surface area contributed by atoms with E-state index in [1.165, 1.54) is 6.07 Å². The Kier molecular flexibility index (Phi) is 4.25. The fourth-order valence-corrected chi connectivity index (χ4v) is 2.88. The van der Waals surface area contributed by atoms with E-state index in [1.807, 2.05) is 26.0 Å². The van der Waals surface area contributed by atoms with Crippen molar-refractivity contribution in [2.45, 2.75) is 26.8 Å². The SMILES string of the molecule is C/C=C(\C)c1cncc(C(=O)N2CCc3cc(O)c(O)cc3C2)c1. The van der Waals surface area contributed by atoms with Crippen molar-refractivity contribution in [1.82, 2.24) is 9.88 Å². The fraction of sp³-hybridized carbons (Fsp3) is 0.263. The fourth-order valence-electron chi connectivity index (χ4n) is 2.88. The average molecular weight is 324 g/mol. The molecule has 1 aliphatic rings. The van der Waals surface area contributed by atoms with E-state index in [2.05, 4.69) is 4.98 Å². The summed E-state index contributed by atoms with van der Waals surface area (Å²) in [7, 11) is 0. The first-order valence-electron chi connectivity index (χ1n) is 7.91. The van der Waals surface area contributed by atoms with Crippen molar-refractivity contribution in [3.8, 4) is 11.5 Å². The van der Waals surface area contributed by atoms with E-state index >= 15 is 0 Å². The number of allylic oxidation sites excluding steroid dienone is 2. The van der Waals surface area contributed by atoms with Gasteiger partial charge < -0.3 is 15.1 Å². The van der Waals surface area contributed by atoms with Gasteiger partial charge in [0.2, 0.25) is 0 Å². The number of carbonyl (C=O) groups is 1. The second-order valence-corrected chi connectivity index (χ2v) is 6.02. The summed E-state index contributed by atoms with van der Waals surface area (Å²) in [6.45, 7) is 4.92. The van der Waals surface area contributed by atoms with Crippen LogP contribution >= 0.6 is 0 Å². The predicted molar refractivity (Wildman–Crippen MR) is 91.8 cm³/mol. The molecular weight excluding hydrogens is 304 g/mol. The number of hydrogen-bond donors (Lipinski definition) is 2. The number of aromatic nitrogens is 1. The Morgan fingerprint density at radius 1 is 1.12 bits per heavy atom. The van der Waals surface area contributed by atoms with Crippen molar-refractivity contribution in [2.75, 3.05) is 6.54 Å². The molecule has 0 atom stereocenters. The third-order valence-electron chi connectivity index (χ3n) is 4.47. The Labute approximate surface area is 140 Å². The third-order valence-corrected chi connectivity index (χ3v) is 4.47. The summed E-state index contributed by atoms with van der Waals surface area (Å²) in [5.41, 5.74) is 4.38. The topological polar surface area (TPSA) is 73.7 Å². The first kappa shape index (κ1) is 16.1. The quantitative estimate of drug-likeness (QED) is 0.833. The van der Waals surface area contributed by atoms with Crippen LogP contribution in [0, 0.1) is 0 Å². The van der Waals surface area contributed by atoms with Gasteiger partial charge in [-0.1, -0.05) is 6.08 Å². The Hall–Kier alpha value is -2.82. The summed E-state index contributed by atoms with van der Waals surface area (Å²) in [5.74, 6) is -0.353. The molecule has 24 heavy (non-hydrogen) atoms. The predicted octanol–water partition coefficient (Wildman–Crippen LogP) is 3.11. The van der Waals surface area contributed by atoms with Crippen LogP contribution in [0.4, 0.5) is 0 Å². The van der Waals surface area contributed by atoms with Gasteiger partial charge in [0, 0.05) is 25.5 Å². The van der Waals surface area contributed by atoms with Crippen LogP contribution in [0.25, 0.3) is 5.57 Å². The number of amides is 1. The van der Waals surface area contributed by atoms with Crippen LogP contribution in [-0.4, -0.2) is 32.5 Å². The summed E-state index contributed by atoms with van der Waals surface area (Å²) in [6.07, 6.45) is 5.96. The molecule has 1 aromatic heterocycles. The minimum atomic E-state index is -0.157. The number of rotatable bonds is 2. The molecule has 2 heterocycles. The Balaban J connectivity index is 1.85. The average Bonchev–Trinajstić information content (AvgIpc) is 2.61. The molecule has 1 aromatic carbocycles. The number of nitrogens with zero attached hydrogens (tertiary/aromatic N) is 2. The normalized spacial score (nSPS) is 14.4. The molecule has 0 aliphatic carbocycles. The van der Waals surface area contributed by atoms with Crippen molar-refractivity contribution in [2.24, 2.45) is 0 Å². The van der Waals surface area contributed by atoms with Crippen LogP contribution in [-0.2, 0) is 13.0 Å². The Morgan fingerprint density at radius 2 is 1.79 bits per heavy atom. The summed E-state index contributed by atoms with van der Waals surface area (Å²) >= 11 is 0. The van der Waals surface area contributed by atoms with Gasteiger partial charge >= 0.3 is 0 Å². The number of phenolic OH excluding ortho intramolecular Hbond substituents is 2. The number of aromatic hydroxyl groups is 2. The molecular formula is C19H20N2O3. The Morgan fingerprint density at radius 3 is 2.50 bits per heavy atom. The number of pyridine rings is 1. The molecule has 2 N–H and O–H groups in total. The minimum absolute atomic E-state index is 0.0773. The summed E-state index contributed by atoms with van der Waals surface area (Å²) < 4.78 is 0. The van der Waals surface area contributed by atoms with E-state index in [9.17, 15) is 15.0 Å². The largest absolute Gasteiger partial charge is 0.504 e. The number of fused-ring (bicyclic) bond motifs is 1. The first-order chi connectivity index (χ1) is 11.5. The van der Waals surface area contributed by atoms with E-state index in [-0.39, 0.29) is 17.4 Å². The number of phenols is 2. The lowest BCUT2D eigenvalue weighted by Crippen LogP contribution is -2.36. The molecule has 5 heteroatoms. The smallest absolute Gasteiger partial charge is 0.255 e. The highest BCUT2D eigenvalue weighted by Gasteiger charge is 2.23. The number of hydrogen-bond acceptors (Lipinski definition) is 4. The molecule has 1 amide bonds. The monoisotopic (exact) mass is 324 g/mol. The molecule has 0 saturated carbocycles. The number of benzene rings is 1. The van der Waals surface area contributed by atoms with E-state index in [0.29, 0.717) is 25.1 Å². The highest BCUT2D eigenvalue weighted by atomic mass is 16.3. The van der Waals surface area contributed by atoms with Crippen LogP contribution in [0.3, 0.4) is 0 Å². The van der Waals surface area contributed by atoms with Crippen molar-refractivity contribution in [1.29, 1.82) is 0 Å². The molecule has 1 aliphatic heterocycles. The van der Waals surface area contributed by atoms with Crippen molar-refractivity contribution < 1.29 is 15.0 Å². The first-order valence-corrected chi connectivity index (χ1v) is 7.91. The molecule has 0 spiro atoms. The van der Waals surface area contributed by atoms with Gasteiger partial charge in [-0.15, -0.1) is 0 Å². The molecule has 0 saturated heterocycles. The highest BCUT2D eigenvalue weighted by molar-refractivity contribution is 5.94. The van der Waals surface area contributed by atoms with Gasteiger partial charge in [0.25, 0.3) is 5.91 Å². The molecule has 0 bridgehead atoms. The number of carbonyl (C=O) groups excluding carboxylic acids is 1. The van der Waals surface area contributed by atoms with Crippen LogP contribution in [0.1, 0.15) is 40.9 Å². The summed E-state index contributed by atoms with van der Waals surface area (Å²) in [6, 6.07) is 4.96. The van der Waals surface area contributed by atoms with E-state index < -0.39 is 0 Å². The molecule has 0 radical (unpaired) electrons. The van der Waals surface area contributed by atoms with Gasteiger partial charge in [0.1, 0.15) is 0 Å². The minimum Gasteiger partial charge on any atom is -0.504 e. The lowest BCUT2D eigenvalue weighted by Gasteiger charge is -2.29. The van der Waals surface area contributed by atoms with Crippen LogP contribution in [0.15, 0.2) is 36.7 Å². The zero-order valence-corrected chi connectivity index (χ0v) is 13.8. The third kappa shape index (κ3) is 2.97. The molecule has 3 rings (SSSR count). The second-order valence-electron chi connectivity index (χ2n) is 6.02. The van der Waals surface area contributed by atoms with E-state index in [0.717, 1.165) is 22.3 Å². The summed E-state index contributed by atoms with van der Waals surface area (Å²) in [5, 5.41) is 19.3. The maximum absolute atomic E-state index is 12.8. The van der Waals surface area contributed by atoms with E-state index in [4.69, 9.17) is 0 Å².